The van der Waals surface area contributed by atoms with Crippen LogP contribution in [0.25, 0.3) is 0 Å². The summed E-state index contributed by atoms with van der Waals surface area (Å²) < 4.78 is 0. The summed E-state index contributed by atoms with van der Waals surface area (Å²) in [5.41, 5.74) is 2.19. The first-order chi connectivity index (χ1) is 16.2. The first-order valence-electron chi connectivity index (χ1n) is 12.0. The zero-order valence-corrected chi connectivity index (χ0v) is 19.9. The number of amides is 2. The molecule has 7 heteroatoms. The molecule has 0 radical (unpaired) electrons. The molecule has 0 aromatic heterocycles. The quantitative estimate of drug-likeness (QED) is 0.681. The third kappa shape index (κ3) is 5.10. The van der Waals surface area contributed by atoms with Gasteiger partial charge in [0.1, 0.15) is 0 Å². The fraction of sp³-hybridized carbons (Fsp3) is 0.462. The predicted molar refractivity (Wildman–Crippen MR) is 133 cm³/mol. The van der Waals surface area contributed by atoms with Gasteiger partial charge in [0.05, 0.1) is 24.8 Å². The van der Waals surface area contributed by atoms with Crippen molar-refractivity contribution in [1.29, 1.82) is 0 Å². The van der Waals surface area contributed by atoms with Crippen LogP contribution >= 0.6 is 11.8 Å². The van der Waals surface area contributed by atoms with Crippen molar-refractivity contribution in [2.75, 3.05) is 63.0 Å². The van der Waals surface area contributed by atoms with Crippen LogP contribution in [0.2, 0.25) is 0 Å². The van der Waals surface area contributed by atoms with Gasteiger partial charge in [-0.05, 0) is 30.5 Å². The van der Waals surface area contributed by atoms with E-state index in [-0.39, 0.29) is 17.9 Å². The Balaban J connectivity index is 1.23. The molecule has 0 bridgehead atoms. The van der Waals surface area contributed by atoms with E-state index >= 15 is 0 Å². The number of anilines is 1. The second-order valence-electron chi connectivity index (χ2n) is 9.11. The molecule has 1 atom stereocenters. The molecule has 0 aliphatic carbocycles. The fourth-order valence-electron chi connectivity index (χ4n) is 5.05. The maximum Gasteiger partial charge on any atom is 0.241 e. The van der Waals surface area contributed by atoms with Crippen LogP contribution < -0.4 is 4.90 Å². The number of para-hydroxylation sites is 1. The molecule has 2 aromatic rings. The van der Waals surface area contributed by atoms with Crippen LogP contribution in [-0.4, -0.2) is 84.6 Å². The molecule has 0 spiro atoms. The van der Waals surface area contributed by atoms with Crippen molar-refractivity contribution in [3.8, 4) is 0 Å². The van der Waals surface area contributed by atoms with Crippen LogP contribution in [0.4, 0.5) is 5.69 Å². The maximum atomic E-state index is 13.6. The van der Waals surface area contributed by atoms with Crippen LogP contribution in [0.15, 0.2) is 59.5 Å². The summed E-state index contributed by atoms with van der Waals surface area (Å²) in [6.07, 6.45) is 2.26. The Hall–Kier alpha value is -2.35. The third-order valence-electron chi connectivity index (χ3n) is 6.93. The topological polar surface area (TPSA) is 47.1 Å². The number of rotatable bonds is 5. The standard InChI is InChI=1S/C26H32N4O2S/c31-25(29-12-6-7-13-29)18-27-14-16-28(17-15-27)19-26(32)30-22-10-4-5-11-24(22)33-20-23(30)21-8-2-1-3-9-21/h1-5,8-11,23H,6-7,12-20H2/t23-/m1/s1. The molecule has 5 rings (SSSR count). The lowest BCUT2D eigenvalue weighted by Crippen LogP contribution is -2.52. The number of fused-ring (bicyclic) bond motifs is 1. The Labute approximate surface area is 200 Å². The van der Waals surface area contributed by atoms with E-state index in [1.165, 1.54) is 10.5 Å². The van der Waals surface area contributed by atoms with Crippen LogP contribution in [-0.2, 0) is 9.59 Å². The highest BCUT2D eigenvalue weighted by Gasteiger charge is 2.33. The summed E-state index contributed by atoms with van der Waals surface area (Å²) >= 11 is 1.83. The first-order valence-corrected chi connectivity index (χ1v) is 13.0. The minimum atomic E-state index is 0.0398. The van der Waals surface area contributed by atoms with Gasteiger partial charge in [0.2, 0.25) is 11.8 Å². The maximum absolute atomic E-state index is 13.6. The van der Waals surface area contributed by atoms with Crippen molar-refractivity contribution in [3.63, 3.8) is 0 Å². The lowest BCUT2D eigenvalue weighted by molar-refractivity contribution is -0.132. The highest BCUT2D eigenvalue weighted by Crippen LogP contribution is 2.43. The molecule has 2 fully saturated rings. The number of hydrogen-bond acceptors (Lipinski definition) is 5. The van der Waals surface area contributed by atoms with E-state index in [1.54, 1.807) is 0 Å². The van der Waals surface area contributed by atoms with Crippen molar-refractivity contribution in [1.82, 2.24) is 14.7 Å². The molecule has 3 aliphatic rings. The first kappa shape index (κ1) is 22.4. The average molecular weight is 465 g/mol. The second-order valence-corrected chi connectivity index (χ2v) is 10.2. The number of carbonyl (C=O) groups is 2. The van der Waals surface area contributed by atoms with Gasteiger partial charge >= 0.3 is 0 Å². The zero-order chi connectivity index (χ0) is 22.6. The highest BCUT2D eigenvalue weighted by molar-refractivity contribution is 7.99. The van der Waals surface area contributed by atoms with E-state index in [1.807, 2.05) is 51.9 Å². The van der Waals surface area contributed by atoms with E-state index in [0.29, 0.717) is 13.1 Å². The van der Waals surface area contributed by atoms with Crippen molar-refractivity contribution in [2.45, 2.75) is 23.8 Å². The molecular weight excluding hydrogens is 432 g/mol. The van der Waals surface area contributed by atoms with Crippen LogP contribution in [0.5, 0.6) is 0 Å². The van der Waals surface area contributed by atoms with Gasteiger partial charge in [-0.3, -0.25) is 19.4 Å². The molecule has 0 N–H and O–H groups in total. The highest BCUT2D eigenvalue weighted by atomic mass is 32.2. The normalized spacial score (nSPS) is 21.8. The second kappa shape index (κ2) is 10.3. The zero-order valence-electron chi connectivity index (χ0n) is 19.1. The van der Waals surface area contributed by atoms with Gasteiger partial charge in [0, 0.05) is 49.9 Å². The van der Waals surface area contributed by atoms with Crippen LogP contribution in [0.3, 0.4) is 0 Å². The Bertz CT molecular complexity index is 971. The molecule has 2 aromatic carbocycles. The van der Waals surface area contributed by atoms with Crippen LogP contribution in [0, 0.1) is 0 Å². The SMILES string of the molecule is O=C(CN1CCN(CC(=O)N2c3ccccc3SC[C@@H]2c2ccccc2)CC1)N1CCCC1. The summed E-state index contributed by atoms with van der Waals surface area (Å²) in [4.78, 5) is 35.8. The number of likely N-dealkylation sites (tertiary alicyclic amines) is 1. The Morgan fingerprint density at radius 2 is 1.36 bits per heavy atom. The molecule has 33 heavy (non-hydrogen) atoms. The molecule has 6 nitrogen and oxygen atoms in total. The third-order valence-corrected chi connectivity index (χ3v) is 8.07. The fourth-order valence-corrected chi connectivity index (χ4v) is 6.22. The number of piperazine rings is 1. The lowest BCUT2D eigenvalue weighted by atomic mass is 10.1. The number of thioether (sulfide) groups is 1. The van der Waals surface area contributed by atoms with Crippen LogP contribution in [0.1, 0.15) is 24.4 Å². The summed E-state index contributed by atoms with van der Waals surface area (Å²) in [7, 11) is 0. The van der Waals surface area contributed by atoms with E-state index in [2.05, 4.69) is 34.1 Å². The van der Waals surface area contributed by atoms with Gasteiger partial charge < -0.3 is 9.80 Å². The minimum absolute atomic E-state index is 0.0398. The minimum Gasteiger partial charge on any atom is -0.342 e. The lowest BCUT2D eigenvalue weighted by Gasteiger charge is -2.39. The molecular formula is C26H32N4O2S. The van der Waals surface area contributed by atoms with Crippen molar-refractivity contribution in [2.24, 2.45) is 0 Å². The molecule has 3 heterocycles. The van der Waals surface area contributed by atoms with E-state index in [0.717, 1.165) is 63.6 Å². The molecule has 0 unspecified atom stereocenters. The van der Waals surface area contributed by atoms with E-state index < -0.39 is 0 Å². The van der Waals surface area contributed by atoms with Gasteiger partial charge in [-0.15, -0.1) is 11.8 Å². The Morgan fingerprint density at radius 3 is 2.06 bits per heavy atom. The number of nitrogens with zero attached hydrogens (tertiary/aromatic N) is 4. The number of carbonyl (C=O) groups excluding carboxylic acids is 2. The Morgan fingerprint density at radius 1 is 0.758 bits per heavy atom. The summed E-state index contributed by atoms with van der Waals surface area (Å²) in [5.74, 6) is 1.27. The van der Waals surface area contributed by atoms with Crippen molar-refractivity contribution < 1.29 is 9.59 Å². The molecule has 2 amide bonds. The summed E-state index contributed by atoms with van der Waals surface area (Å²) in [6, 6.07) is 18.6. The smallest absolute Gasteiger partial charge is 0.241 e. The molecule has 2 saturated heterocycles. The monoisotopic (exact) mass is 464 g/mol. The Kier molecular flexibility index (Phi) is 6.99. The van der Waals surface area contributed by atoms with Gasteiger partial charge in [0.15, 0.2) is 0 Å². The number of benzene rings is 2. The van der Waals surface area contributed by atoms with Crippen molar-refractivity contribution >= 4 is 29.3 Å². The van der Waals surface area contributed by atoms with Gasteiger partial charge in [-0.2, -0.15) is 0 Å². The predicted octanol–water partition coefficient (Wildman–Crippen LogP) is 3.11. The average Bonchev–Trinajstić information content (AvgIpc) is 3.40. The van der Waals surface area contributed by atoms with Gasteiger partial charge in [0.25, 0.3) is 0 Å². The van der Waals surface area contributed by atoms with E-state index in [9.17, 15) is 9.59 Å². The summed E-state index contributed by atoms with van der Waals surface area (Å²) in [6.45, 7) is 6.04. The largest absolute Gasteiger partial charge is 0.342 e. The molecule has 174 valence electrons. The van der Waals surface area contributed by atoms with Crippen molar-refractivity contribution in [3.05, 3.63) is 60.2 Å². The van der Waals surface area contributed by atoms with Gasteiger partial charge in [-0.25, -0.2) is 0 Å². The molecule has 0 saturated carbocycles. The summed E-state index contributed by atoms with van der Waals surface area (Å²) in [5, 5.41) is 0. The van der Waals surface area contributed by atoms with E-state index in [4.69, 9.17) is 0 Å². The number of hydrogen-bond donors (Lipinski definition) is 0. The van der Waals surface area contributed by atoms with Gasteiger partial charge in [-0.1, -0.05) is 42.5 Å². The molecule has 3 aliphatic heterocycles.